The summed E-state index contributed by atoms with van der Waals surface area (Å²) in [7, 11) is 1.20. The number of nitrogens with one attached hydrogen (secondary N) is 2. The van der Waals surface area contributed by atoms with Gasteiger partial charge >= 0.3 is 24.2 Å². The molecule has 3 heterocycles. The van der Waals surface area contributed by atoms with Gasteiger partial charge in [-0.25, -0.2) is 29.1 Å². The molecule has 0 spiro atoms. The smallest absolute Gasteiger partial charge is 0.412 e. The fraction of sp³-hybridized carbons (Fsp3) is 0.595. The van der Waals surface area contributed by atoms with Crippen molar-refractivity contribution in [1.82, 2.24) is 30.4 Å². The second-order valence-corrected chi connectivity index (χ2v) is 15.1. The van der Waals surface area contributed by atoms with Crippen LogP contribution in [0.15, 0.2) is 36.4 Å². The van der Waals surface area contributed by atoms with Gasteiger partial charge in [0.15, 0.2) is 12.0 Å². The number of hydrogen-bond donors (Lipinski definition) is 2. The van der Waals surface area contributed by atoms with E-state index in [9.17, 15) is 24.0 Å². The first-order valence-corrected chi connectivity index (χ1v) is 17.9. The van der Waals surface area contributed by atoms with E-state index in [2.05, 4.69) is 15.6 Å². The number of aromatic nitrogens is 2. The van der Waals surface area contributed by atoms with Crippen LogP contribution in [0.5, 0.6) is 0 Å². The van der Waals surface area contributed by atoms with Gasteiger partial charge in [-0.05, 0) is 73.3 Å². The van der Waals surface area contributed by atoms with Gasteiger partial charge in [-0.1, -0.05) is 30.3 Å². The summed E-state index contributed by atoms with van der Waals surface area (Å²) in [5, 5.41) is 5.24. The van der Waals surface area contributed by atoms with Crippen LogP contribution in [0.3, 0.4) is 0 Å². The number of esters is 1. The molecule has 290 valence electrons. The SMILES string of the molecule is COC(=O)[C@H](CNC(=O)C1CCN(c2cc(C)nc(C3N(C(=O)OC(C)(C)C)CCCN3C(=O)OC(C)(C)C)n2)CC1)NC(=O)OCc1ccccc1. The molecule has 2 fully saturated rings. The van der Waals surface area contributed by atoms with Crippen LogP contribution < -0.4 is 15.5 Å². The first kappa shape index (κ1) is 40.6. The number of amides is 4. The topological polar surface area (TPSA) is 182 Å². The van der Waals surface area contributed by atoms with Gasteiger partial charge in [0.05, 0.1) is 7.11 Å². The van der Waals surface area contributed by atoms with Crippen LogP contribution >= 0.6 is 0 Å². The van der Waals surface area contributed by atoms with E-state index in [-0.39, 0.29) is 30.8 Å². The van der Waals surface area contributed by atoms with Crippen LogP contribution in [-0.2, 0) is 35.1 Å². The van der Waals surface area contributed by atoms with Crippen LogP contribution in [-0.4, -0.2) is 107 Å². The molecule has 16 nitrogen and oxygen atoms in total. The molecule has 1 atom stereocenters. The van der Waals surface area contributed by atoms with Crippen molar-refractivity contribution < 1.29 is 42.9 Å². The summed E-state index contributed by atoms with van der Waals surface area (Å²) in [6.45, 7) is 13.9. The lowest BCUT2D eigenvalue weighted by atomic mass is 9.95. The molecule has 4 rings (SSSR count). The molecule has 2 aliphatic heterocycles. The number of alkyl carbamates (subject to hydrolysis) is 1. The normalized spacial score (nSPS) is 16.3. The minimum atomic E-state index is -1.14. The van der Waals surface area contributed by atoms with Gasteiger partial charge in [0.2, 0.25) is 5.91 Å². The van der Waals surface area contributed by atoms with E-state index in [1.165, 1.54) is 16.9 Å². The minimum Gasteiger partial charge on any atom is -0.467 e. The van der Waals surface area contributed by atoms with Crippen molar-refractivity contribution >= 4 is 36.0 Å². The molecule has 0 bridgehead atoms. The quantitative estimate of drug-likeness (QED) is 0.273. The Morgan fingerprint density at radius 3 is 2.00 bits per heavy atom. The maximum atomic E-state index is 13.5. The number of rotatable bonds is 9. The Morgan fingerprint density at radius 1 is 0.868 bits per heavy atom. The zero-order chi connectivity index (χ0) is 38.9. The molecule has 0 saturated carbocycles. The van der Waals surface area contributed by atoms with Gasteiger partial charge in [-0.2, -0.15) is 0 Å². The average molecular weight is 740 g/mol. The number of anilines is 1. The lowest BCUT2D eigenvalue weighted by Gasteiger charge is -2.43. The van der Waals surface area contributed by atoms with E-state index in [1.54, 1.807) is 53.7 Å². The van der Waals surface area contributed by atoms with Gasteiger partial charge in [0.1, 0.15) is 29.7 Å². The first-order valence-electron chi connectivity index (χ1n) is 17.9. The standard InChI is InChI=1S/C37H53N7O9/c1-24-21-28(41-29(39-24)31-43(34(48)52-36(2,3)4)17-12-18-44(31)35(49)53-37(5,6)7)42-19-15-26(16-20-42)30(45)38-22-27(32(46)50-8)40-33(47)51-23-25-13-10-9-11-14-25/h9-11,13-14,21,26-27,31H,12,15-20,22-23H2,1-8H3,(H,38,45)(H,40,47)/t27-/m0/s1. The predicted molar refractivity (Wildman–Crippen MR) is 194 cm³/mol. The highest BCUT2D eigenvalue weighted by atomic mass is 16.6. The summed E-state index contributed by atoms with van der Waals surface area (Å²) in [4.78, 5) is 79.5. The lowest BCUT2D eigenvalue weighted by molar-refractivity contribution is -0.143. The molecule has 1 aromatic carbocycles. The van der Waals surface area contributed by atoms with E-state index < -0.39 is 47.7 Å². The Labute approximate surface area is 310 Å². The lowest BCUT2D eigenvalue weighted by Crippen LogP contribution is -2.54. The first-order chi connectivity index (χ1) is 24.9. The molecule has 2 aliphatic rings. The number of methoxy groups -OCH3 is 1. The molecule has 2 saturated heterocycles. The number of ether oxygens (including phenoxy) is 4. The van der Waals surface area contributed by atoms with Gasteiger partial charge < -0.3 is 34.5 Å². The van der Waals surface area contributed by atoms with Crippen LogP contribution in [0.25, 0.3) is 0 Å². The Bertz CT molecular complexity index is 1570. The molecule has 2 N–H and O–H groups in total. The number of piperidine rings is 1. The van der Waals surface area contributed by atoms with E-state index in [0.29, 0.717) is 57.0 Å². The van der Waals surface area contributed by atoms with E-state index >= 15 is 0 Å². The van der Waals surface area contributed by atoms with Crippen molar-refractivity contribution in [2.75, 3.05) is 44.7 Å². The summed E-state index contributed by atoms with van der Waals surface area (Å²) in [5.41, 5.74) is -0.121. The number of hydrogen-bond acceptors (Lipinski definition) is 12. The molecular weight excluding hydrogens is 686 g/mol. The molecule has 2 aromatic rings. The zero-order valence-corrected chi connectivity index (χ0v) is 32.0. The third kappa shape index (κ3) is 11.9. The van der Waals surface area contributed by atoms with Crippen LogP contribution in [0.4, 0.5) is 20.2 Å². The maximum Gasteiger partial charge on any atom is 0.412 e. The van der Waals surface area contributed by atoms with Crippen molar-refractivity contribution in [3.63, 3.8) is 0 Å². The van der Waals surface area contributed by atoms with E-state index in [0.717, 1.165) is 5.56 Å². The third-order valence-corrected chi connectivity index (χ3v) is 8.39. The highest BCUT2D eigenvalue weighted by molar-refractivity contribution is 5.84. The predicted octanol–water partition coefficient (Wildman–Crippen LogP) is 4.46. The van der Waals surface area contributed by atoms with Crippen molar-refractivity contribution in [3.05, 3.63) is 53.5 Å². The van der Waals surface area contributed by atoms with Crippen molar-refractivity contribution in [2.24, 2.45) is 5.92 Å². The van der Waals surface area contributed by atoms with E-state index in [4.69, 9.17) is 23.9 Å². The van der Waals surface area contributed by atoms with Crippen LogP contribution in [0.2, 0.25) is 0 Å². The highest BCUT2D eigenvalue weighted by Gasteiger charge is 2.42. The van der Waals surface area contributed by atoms with Gasteiger partial charge in [-0.15, -0.1) is 0 Å². The Balaban J connectivity index is 1.42. The van der Waals surface area contributed by atoms with Gasteiger partial charge in [0, 0.05) is 50.4 Å². The summed E-state index contributed by atoms with van der Waals surface area (Å²) in [5.74, 6) is -0.504. The second-order valence-electron chi connectivity index (χ2n) is 15.1. The van der Waals surface area contributed by atoms with Crippen molar-refractivity contribution in [1.29, 1.82) is 0 Å². The van der Waals surface area contributed by atoms with E-state index in [1.807, 2.05) is 36.1 Å². The number of aryl methyl sites for hydroxylation is 1. The van der Waals surface area contributed by atoms with Crippen LogP contribution in [0, 0.1) is 12.8 Å². The molecule has 4 amide bonds. The summed E-state index contributed by atoms with van der Waals surface area (Å²) in [6, 6.07) is 9.78. The number of benzene rings is 1. The zero-order valence-electron chi connectivity index (χ0n) is 32.0. The van der Waals surface area contributed by atoms with Gasteiger partial charge in [0.25, 0.3) is 0 Å². The van der Waals surface area contributed by atoms with Crippen LogP contribution in [0.1, 0.15) is 84.1 Å². The minimum absolute atomic E-state index is 0.0174. The van der Waals surface area contributed by atoms with Gasteiger partial charge in [-0.3, -0.25) is 14.6 Å². The number of carbonyl (C=O) groups is 5. The summed E-state index contributed by atoms with van der Waals surface area (Å²) < 4.78 is 21.5. The van der Waals surface area contributed by atoms with Crippen molar-refractivity contribution in [3.8, 4) is 0 Å². The fourth-order valence-corrected chi connectivity index (χ4v) is 5.94. The number of nitrogens with zero attached hydrogens (tertiary/aromatic N) is 5. The Morgan fingerprint density at radius 2 is 1.45 bits per heavy atom. The molecule has 0 aliphatic carbocycles. The largest absolute Gasteiger partial charge is 0.467 e. The third-order valence-electron chi connectivity index (χ3n) is 8.39. The monoisotopic (exact) mass is 739 g/mol. The summed E-state index contributed by atoms with van der Waals surface area (Å²) in [6.07, 6.45) is -1.50. The number of carbonyl (C=O) groups excluding carboxylic acids is 5. The van der Waals surface area contributed by atoms with Crippen molar-refractivity contribution in [2.45, 2.75) is 97.7 Å². The molecule has 0 radical (unpaired) electrons. The second kappa shape index (κ2) is 17.6. The Hall–Kier alpha value is -5.15. The molecular formula is C37H53N7O9. The maximum absolute atomic E-state index is 13.5. The molecule has 16 heteroatoms. The molecule has 1 aromatic heterocycles. The summed E-state index contributed by atoms with van der Waals surface area (Å²) >= 11 is 0. The molecule has 53 heavy (non-hydrogen) atoms. The highest BCUT2D eigenvalue weighted by Crippen LogP contribution is 2.32. The average Bonchev–Trinajstić information content (AvgIpc) is 3.10. The Kier molecular flexibility index (Phi) is 13.5. The fourth-order valence-electron chi connectivity index (χ4n) is 5.94. The molecule has 0 unspecified atom stereocenters.